The number of amides is 2. The van der Waals surface area contributed by atoms with Crippen molar-refractivity contribution in [3.8, 4) is 11.5 Å². The van der Waals surface area contributed by atoms with Crippen LogP contribution in [0.15, 0.2) is 24.5 Å². The van der Waals surface area contributed by atoms with E-state index in [0.717, 1.165) is 17.0 Å². The highest BCUT2D eigenvalue weighted by Gasteiger charge is 2.36. The Morgan fingerprint density at radius 3 is 2.81 bits per heavy atom. The van der Waals surface area contributed by atoms with Crippen LogP contribution in [-0.4, -0.2) is 61.3 Å². The van der Waals surface area contributed by atoms with Crippen molar-refractivity contribution in [3.05, 3.63) is 41.5 Å². The Labute approximate surface area is 156 Å². The van der Waals surface area contributed by atoms with E-state index in [2.05, 4.69) is 20.0 Å². The highest BCUT2D eigenvalue weighted by atomic mass is 16.5. The van der Waals surface area contributed by atoms with Gasteiger partial charge in [0.2, 0.25) is 0 Å². The second kappa shape index (κ2) is 7.98. The zero-order chi connectivity index (χ0) is 19.4. The van der Waals surface area contributed by atoms with Gasteiger partial charge in [-0.3, -0.25) is 4.79 Å². The number of hydrogen-bond acceptors (Lipinski definition) is 6. The zero-order valence-electron chi connectivity index (χ0n) is 15.4. The summed E-state index contributed by atoms with van der Waals surface area (Å²) < 4.78 is 15.5. The van der Waals surface area contributed by atoms with Gasteiger partial charge in [0.05, 0.1) is 33.4 Å². The highest BCUT2D eigenvalue weighted by Crippen LogP contribution is 2.41. The first-order valence-corrected chi connectivity index (χ1v) is 8.45. The van der Waals surface area contributed by atoms with Crippen LogP contribution in [0, 0.1) is 0 Å². The molecule has 2 amide bonds. The summed E-state index contributed by atoms with van der Waals surface area (Å²) in [6.45, 7) is 0.244. The van der Waals surface area contributed by atoms with Gasteiger partial charge in [0.1, 0.15) is 12.6 Å². The standard InChI is InChI=1S/C18H22N4O5/c1-25-13-6-4-5-11(17(13)27-3)16-15-12(20-10-21-15)7-8-22(16)18(24)19-9-14(23)26-2/h4-6,10,16H,7-9H2,1-3H3,(H,19,24)(H,20,21)/t16-/m0/s1. The van der Waals surface area contributed by atoms with Gasteiger partial charge in [-0.05, 0) is 6.07 Å². The van der Waals surface area contributed by atoms with Crippen molar-refractivity contribution in [3.63, 3.8) is 0 Å². The van der Waals surface area contributed by atoms with Crippen molar-refractivity contribution >= 4 is 12.0 Å². The molecule has 3 rings (SSSR count). The van der Waals surface area contributed by atoms with E-state index in [1.807, 2.05) is 12.1 Å². The largest absolute Gasteiger partial charge is 0.493 e. The Kier molecular flexibility index (Phi) is 5.49. The third-order valence-corrected chi connectivity index (χ3v) is 4.53. The van der Waals surface area contributed by atoms with Crippen molar-refractivity contribution in [2.24, 2.45) is 0 Å². The van der Waals surface area contributed by atoms with Crippen LogP contribution in [0.3, 0.4) is 0 Å². The van der Waals surface area contributed by atoms with Gasteiger partial charge in [0.25, 0.3) is 0 Å². The van der Waals surface area contributed by atoms with Crippen LogP contribution in [0.2, 0.25) is 0 Å². The Bertz CT molecular complexity index is 835. The maximum Gasteiger partial charge on any atom is 0.325 e. The number of esters is 1. The number of benzene rings is 1. The van der Waals surface area contributed by atoms with E-state index in [1.165, 1.54) is 7.11 Å². The Morgan fingerprint density at radius 2 is 2.11 bits per heavy atom. The summed E-state index contributed by atoms with van der Waals surface area (Å²) in [5.74, 6) is 0.579. The fraction of sp³-hybridized carbons (Fsp3) is 0.389. The minimum Gasteiger partial charge on any atom is -0.493 e. The number of para-hydroxylation sites is 1. The molecule has 1 aliphatic rings. The summed E-state index contributed by atoms with van der Waals surface area (Å²) in [4.78, 5) is 33.3. The van der Waals surface area contributed by atoms with E-state index in [9.17, 15) is 9.59 Å². The minimum absolute atomic E-state index is 0.207. The Balaban J connectivity index is 2.00. The SMILES string of the molecule is COC(=O)CNC(=O)N1CCc2[nH]cnc2[C@@H]1c1cccc(OC)c1OC. The average molecular weight is 374 g/mol. The first-order chi connectivity index (χ1) is 13.1. The number of imidazole rings is 1. The van der Waals surface area contributed by atoms with E-state index in [-0.39, 0.29) is 12.6 Å². The van der Waals surface area contributed by atoms with Crippen molar-refractivity contribution < 1.29 is 23.8 Å². The topological polar surface area (TPSA) is 106 Å². The summed E-state index contributed by atoms with van der Waals surface area (Å²) >= 11 is 0. The van der Waals surface area contributed by atoms with Crippen LogP contribution < -0.4 is 14.8 Å². The van der Waals surface area contributed by atoms with Crippen LogP contribution in [0.5, 0.6) is 11.5 Å². The molecule has 1 aromatic heterocycles. The first-order valence-electron chi connectivity index (χ1n) is 8.45. The van der Waals surface area contributed by atoms with Crippen molar-refractivity contribution in [1.82, 2.24) is 20.2 Å². The molecule has 1 aliphatic heterocycles. The number of methoxy groups -OCH3 is 3. The molecule has 2 heterocycles. The lowest BCUT2D eigenvalue weighted by Gasteiger charge is -2.35. The number of hydrogen-bond donors (Lipinski definition) is 2. The summed E-state index contributed by atoms with van der Waals surface area (Å²) in [6, 6.07) is 4.63. The van der Waals surface area contributed by atoms with Gasteiger partial charge in [-0.2, -0.15) is 0 Å². The molecule has 0 aliphatic carbocycles. The number of rotatable bonds is 5. The molecule has 1 atom stereocenters. The number of ether oxygens (including phenoxy) is 3. The van der Waals surface area contributed by atoms with Gasteiger partial charge in [0.15, 0.2) is 11.5 Å². The van der Waals surface area contributed by atoms with Crippen LogP contribution >= 0.6 is 0 Å². The monoisotopic (exact) mass is 374 g/mol. The Morgan fingerprint density at radius 1 is 1.30 bits per heavy atom. The summed E-state index contributed by atoms with van der Waals surface area (Å²) in [5.41, 5.74) is 2.45. The fourth-order valence-electron chi connectivity index (χ4n) is 3.26. The van der Waals surface area contributed by atoms with Crippen LogP contribution in [0.25, 0.3) is 0 Å². The lowest BCUT2D eigenvalue weighted by molar-refractivity contribution is -0.139. The smallest absolute Gasteiger partial charge is 0.325 e. The van der Waals surface area contributed by atoms with Crippen LogP contribution in [0.4, 0.5) is 4.79 Å². The number of urea groups is 1. The number of fused-ring (bicyclic) bond motifs is 1. The summed E-state index contributed by atoms with van der Waals surface area (Å²) in [6.07, 6.45) is 2.24. The molecule has 0 saturated heterocycles. The number of nitrogens with one attached hydrogen (secondary N) is 2. The number of H-pyrrole nitrogens is 1. The molecular formula is C18H22N4O5. The van der Waals surface area contributed by atoms with E-state index in [1.54, 1.807) is 31.5 Å². The second-order valence-electron chi connectivity index (χ2n) is 5.93. The summed E-state index contributed by atoms with van der Waals surface area (Å²) in [7, 11) is 4.38. The molecule has 0 spiro atoms. The van der Waals surface area contributed by atoms with E-state index < -0.39 is 12.0 Å². The van der Waals surface area contributed by atoms with E-state index >= 15 is 0 Å². The lowest BCUT2D eigenvalue weighted by atomic mass is 9.95. The van der Waals surface area contributed by atoms with Gasteiger partial charge < -0.3 is 29.4 Å². The average Bonchev–Trinajstić information content (AvgIpc) is 3.18. The normalized spacial score (nSPS) is 15.7. The van der Waals surface area contributed by atoms with E-state index in [0.29, 0.717) is 24.5 Å². The van der Waals surface area contributed by atoms with Gasteiger partial charge in [0, 0.05) is 24.2 Å². The molecule has 0 radical (unpaired) electrons. The number of carbonyl (C=O) groups is 2. The number of aromatic nitrogens is 2. The molecule has 0 fully saturated rings. The molecule has 0 saturated carbocycles. The molecule has 2 aromatic rings. The minimum atomic E-state index is -0.517. The van der Waals surface area contributed by atoms with Gasteiger partial charge in [-0.15, -0.1) is 0 Å². The predicted molar refractivity (Wildman–Crippen MR) is 95.8 cm³/mol. The Hall–Kier alpha value is -3.23. The van der Waals surface area contributed by atoms with Gasteiger partial charge >= 0.3 is 12.0 Å². The van der Waals surface area contributed by atoms with Crippen molar-refractivity contribution in [2.45, 2.75) is 12.5 Å². The number of carbonyl (C=O) groups excluding carboxylic acids is 2. The molecule has 1 aromatic carbocycles. The first kappa shape index (κ1) is 18.6. The number of nitrogens with zero attached hydrogens (tertiary/aromatic N) is 2. The quantitative estimate of drug-likeness (QED) is 0.763. The molecule has 0 bridgehead atoms. The molecular weight excluding hydrogens is 352 g/mol. The fourth-order valence-corrected chi connectivity index (χ4v) is 3.26. The lowest BCUT2D eigenvalue weighted by Crippen LogP contribution is -2.47. The van der Waals surface area contributed by atoms with Gasteiger partial charge in [-0.25, -0.2) is 9.78 Å². The van der Waals surface area contributed by atoms with Crippen molar-refractivity contribution in [1.29, 1.82) is 0 Å². The molecule has 2 N–H and O–H groups in total. The van der Waals surface area contributed by atoms with Crippen LogP contribution in [0.1, 0.15) is 23.0 Å². The summed E-state index contributed by atoms with van der Waals surface area (Å²) in [5, 5.41) is 2.59. The predicted octanol–water partition coefficient (Wildman–Crippen LogP) is 1.26. The highest BCUT2D eigenvalue weighted by molar-refractivity contribution is 5.81. The maximum atomic E-state index is 12.8. The molecule has 27 heavy (non-hydrogen) atoms. The van der Waals surface area contributed by atoms with Crippen molar-refractivity contribution in [2.75, 3.05) is 34.4 Å². The molecule has 9 heteroatoms. The molecule has 144 valence electrons. The molecule has 9 nitrogen and oxygen atoms in total. The molecule has 0 unspecified atom stereocenters. The zero-order valence-corrected chi connectivity index (χ0v) is 15.4. The third kappa shape index (κ3) is 3.53. The van der Waals surface area contributed by atoms with E-state index in [4.69, 9.17) is 9.47 Å². The third-order valence-electron chi connectivity index (χ3n) is 4.53. The van der Waals surface area contributed by atoms with Gasteiger partial charge in [-0.1, -0.05) is 12.1 Å². The number of aromatic amines is 1. The maximum absolute atomic E-state index is 12.8. The van der Waals surface area contributed by atoms with Crippen LogP contribution in [-0.2, 0) is 16.0 Å². The second-order valence-corrected chi connectivity index (χ2v) is 5.93.